The third-order valence-corrected chi connectivity index (χ3v) is 13.9. The number of carbonyl (C=O) groups excluding carboxylic acids is 1. The van der Waals surface area contributed by atoms with Crippen LogP contribution in [0.4, 0.5) is 17.5 Å². The largest absolute Gasteiger partial charge is 0.479 e. The molecule has 3 saturated carbocycles. The van der Waals surface area contributed by atoms with Crippen LogP contribution >= 0.6 is 0 Å². The highest BCUT2D eigenvalue weighted by Crippen LogP contribution is 2.47. The molecular weight excluding hydrogens is 829 g/mol. The van der Waals surface area contributed by atoms with Crippen LogP contribution in [0, 0.1) is 56.3 Å². The standard InChI is InChI=1S/C19H24N4O3.C17H20N4O3.C12H16N2O/c1-4-26-19(24)16-11-23(21-18(16)25-3)10-13-5-6-17(20-12(13)2)22-8-14-7-15(14)9-22;1-10-11(8-21-9-14(17(22)23)16(19-21)24-2)3-4-15(18-10)20-6-12-5-13(12)7-20;1-8-9(7-15)2-3-12(13-8)14-5-10-4-11(10)6-14/h5-6,11,14-15H,4,7-10H2,1-3H3;3-4,9,12-13H,5-8H2,1-2H3,(H,22,23);2-3,10-11,15H,4-7H2,1H3. The van der Waals surface area contributed by atoms with Crippen molar-refractivity contribution in [3.63, 3.8) is 0 Å². The van der Waals surface area contributed by atoms with Gasteiger partial charge in [-0.25, -0.2) is 24.5 Å². The second-order valence-corrected chi connectivity index (χ2v) is 18.4. The molecule has 8 heterocycles. The third-order valence-electron chi connectivity index (χ3n) is 13.9. The van der Waals surface area contributed by atoms with Crippen LogP contribution in [0.25, 0.3) is 0 Å². The Labute approximate surface area is 379 Å². The minimum Gasteiger partial charge on any atom is -0.479 e. The number of carbonyl (C=O) groups is 2. The molecular formula is C48H60N10O7. The molecule has 17 nitrogen and oxygen atoms in total. The van der Waals surface area contributed by atoms with Gasteiger partial charge in [0.15, 0.2) is 0 Å². The summed E-state index contributed by atoms with van der Waals surface area (Å²) in [5.74, 6) is 7.50. The number of anilines is 3. The summed E-state index contributed by atoms with van der Waals surface area (Å²) >= 11 is 0. The highest BCUT2D eigenvalue weighted by molar-refractivity contribution is 5.91. The number of methoxy groups -OCH3 is 2. The Morgan fingerprint density at radius 1 is 0.600 bits per heavy atom. The van der Waals surface area contributed by atoms with Gasteiger partial charge < -0.3 is 39.1 Å². The van der Waals surface area contributed by atoms with Crippen LogP contribution in [-0.4, -0.2) is 117 Å². The fraction of sp³-hybridized carbons (Fsp3) is 0.521. The summed E-state index contributed by atoms with van der Waals surface area (Å²) < 4.78 is 18.6. The van der Waals surface area contributed by atoms with Crippen LogP contribution in [0.2, 0.25) is 0 Å². The summed E-state index contributed by atoms with van der Waals surface area (Å²) in [4.78, 5) is 44.4. The first-order valence-electron chi connectivity index (χ1n) is 22.8. The maximum Gasteiger partial charge on any atom is 0.345 e. The van der Waals surface area contributed by atoms with Crippen molar-refractivity contribution in [1.29, 1.82) is 0 Å². The van der Waals surface area contributed by atoms with Crippen molar-refractivity contribution in [3.05, 3.63) is 93.7 Å². The number of hydrogen-bond acceptors (Lipinski definition) is 14. The molecule has 2 N–H and O–H groups in total. The Kier molecular flexibility index (Phi) is 12.4. The number of aliphatic hydroxyl groups is 1. The minimum atomic E-state index is -1.05. The number of aryl methyl sites for hydroxylation is 3. The molecule has 6 atom stereocenters. The summed E-state index contributed by atoms with van der Waals surface area (Å²) in [5, 5.41) is 26.7. The van der Waals surface area contributed by atoms with Gasteiger partial charge in [0.05, 0.1) is 40.5 Å². The maximum absolute atomic E-state index is 12.0. The number of pyridine rings is 3. The molecule has 65 heavy (non-hydrogen) atoms. The number of carboxylic acid groups (broad SMARTS) is 1. The number of carboxylic acids is 1. The van der Waals surface area contributed by atoms with Gasteiger partial charge in [-0.3, -0.25) is 9.36 Å². The van der Waals surface area contributed by atoms with Crippen molar-refractivity contribution in [2.24, 2.45) is 35.5 Å². The molecule has 6 unspecified atom stereocenters. The van der Waals surface area contributed by atoms with Crippen molar-refractivity contribution < 1.29 is 34.0 Å². The number of aromatic nitrogens is 7. The molecule has 5 aromatic rings. The molecule has 6 fully saturated rings. The molecule has 11 rings (SSSR count). The number of piperidine rings is 3. The summed E-state index contributed by atoms with van der Waals surface area (Å²) in [6.07, 6.45) is 7.34. The van der Waals surface area contributed by atoms with E-state index < -0.39 is 11.9 Å². The van der Waals surface area contributed by atoms with Gasteiger partial charge in [0.1, 0.15) is 28.6 Å². The smallest absolute Gasteiger partial charge is 0.345 e. The van der Waals surface area contributed by atoms with E-state index >= 15 is 0 Å². The van der Waals surface area contributed by atoms with Crippen molar-refractivity contribution in [2.75, 3.05) is 74.8 Å². The summed E-state index contributed by atoms with van der Waals surface area (Å²) in [5.41, 5.74) is 6.31. The molecule has 0 aromatic carbocycles. The molecule has 0 radical (unpaired) electrons. The van der Waals surface area contributed by atoms with E-state index in [4.69, 9.17) is 34.4 Å². The lowest BCUT2D eigenvalue weighted by molar-refractivity contribution is 0.0522. The van der Waals surface area contributed by atoms with Crippen LogP contribution < -0.4 is 24.2 Å². The number of aromatic carboxylic acids is 1. The third kappa shape index (κ3) is 9.75. The number of esters is 1. The van der Waals surface area contributed by atoms with E-state index in [0.29, 0.717) is 25.3 Å². The van der Waals surface area contributed by atoms with E-state index in [9.17, 15) is 9.59 Å². The van der Waals surface area contributed by atoms with Gasteiger partial charge in [0.2, 0.25) is 11.8 Å². The van der Waals surface area contributed by atoms with Crippen LogP contribution in [0.3, 0.4) is 0 Å². The van der Waals surface area contributed by atoms with E-state index in [1.807, 2.05) is 39.0 Å². The number of nitrogens with zero attached hydrogens (tertiary/aromatic N) is 10. The average molecular weight is 889 g/mol. The van der Waals surface area contributed by atoms with Crippen molar-refractivity contribution in [1.82, 2.24) is 34.5 Å². The van der Waals surface area contributed by atoms with Crippen LogP contribution in [0.1, 0.15) is 80.7 Å². The monoisotopic (exact) mass is 888 g/mol. The summed E-state index contributed by atoms with van der Waals surface area (Å²) in [6, 6.07) is 12.3. The van der Waals surface area contributed by atoms with E-state index in [2.05, 4.69) is 48.1 Å². The molecule has 3 aliphatic heterocycles. The lowest BCUT2D eigenvalue weighted by Crippen LogP contribution is -2.23. The van der Waals surface area contributed by atoms with Crippen LogP contribution in [0.15, 0.2) is 48.8 Å². The van der Waals surface area contributed by atoms with Crippen molar-refractivity contribution in [3.8, 4) is 11.8 Å². The zero-order valence-corrected chi connectivity index (χ0v) is 38.2. The lowest BCUT2D eigenvalue weighted by atomic mass is 10.2. The number of ether oxygens (including phenoxy) is 3. The Balaban J connectivity index is 0.000000127. The van der Waals surface area contributed by atoms with Gasteiger partial charge in [-0.05, 0) is 117 Å². The maximum atomic E-state index is 12.0. The molecule has 0 spiro atoms. The van der Waals surface area contributed by atoms with E-state index in [1.165, 1.54) is 52.8 Å². The average Bonchev–Trinajstić information content (AvgIpc) is 4.11. The highest BCUT2D eigenvalue weighted by Gasteiger charge is 2.47. The minimum absolute atomic E-state index is 0.0658. The first-order valence-corrected chi connectivity index (χ1v) is 22.8. The van der Waals surface area contributed by atoms with E-state index in [1.54, 1.807) is 22.5 Å². The first-order chi connectivity index (χ1) is 31.4. The van der Waals surface area contributed by atoms with E-state index in [-0.39, 0.29) is 23.9 Å². The lowest BCUT2D eigenvalue weighted by Gasteiger charge is -2.20. The fourth-order valence-corrected chi connectivity index (χ4v) is 9.63. The molecule has 6 aliphatic rings. The predicted molar refractivity (Wildman–Crippen MR) is 243 cm³/mol. The summed E-state index contributed by atoms with van der Waals surface area (Å²) in [6.45, 7) is 16.0. The summed E-state index contributed by atoms with van der Waals surface area (Å²) in [7, 11) is 2.92. The first kappa shape index (κ1) is 44.0. The molecule has 0 bridgehead atoms. The Morgan fingerprint density at radius 3 is 1.29 bits per heavy atom. The number of hydrogen-bond donors (Lipinski definition) is 2. The quantitative estimate of drug-likeness (QED) is 0.143. The fourth-order valence-electron chi connectivity index (χ4n) is 9.63. The van der Waals surface area contributed by atoms with Crippen molar-refractivity contribution >= 4 is 29.4 Å². The van der Waals surface area contributed by atoms with Gasteiger partial charge in [0, 0.05) is 68.7 Å². The van der Waals surface area contributed by atoms with Crippen LogP contribution in [0.5, 0.6) is 11.8 Å². The van der Waals surface area contributed by atoms with Gasteiger partial charge in [-0.1, -0.05) is 18.2 Å². The van der Waals surface area contributed by atoms with Crippen LogP contribution in [-0.2, 0) is 24.4 Å². The molecule has 3 saturated heterocycles. The number of aliphatic hydroxyl groups excluding tert-OH is 1. The molecule has 0 amide bonds. The second-order valence-electron chi connectivity index (χ2n) is 18.4. The number of rotatable bonds is 13. The zero-order chi connectivity index (χ0) is 45.5. The second kappa shape index (κ2) is 18.3. The van der Waals surface area contributed by atoms with Gasteiger partial charge in [0.25, 0.3) is 0 Å². The SMILES string of the molecule is CCOC(=O)c1cn(Cc2ccc(N3CC4CC4C3)nc2C)nc1OC.COc1nn(Cc2ccc(N3CC4CC4C3)nc2C)cc1C(=O)O.Cc1nc(N2CC3CC3C2)ccc1CO. The van der Waals surface area contributed by atoms with Gasteiger partial charge in [-0.15, -0.1) is 10.2 Å². The predicted octanol–water partition coefficient (Wildman–Crippen LogP) is 5.41. The molecule has 5 aromatic heterocycles. The Bertz CT molecular complexity index is 2530. The van der Waals surface area contributed by atoms with Crippen molar-refractivity contribution in [2.45, 2.75) is 66.7 Å². The number of fused-ring (bicyclic) bond motifs is 3. The molecule has 17 heteroatoms. The molecule has 3 aliphatic carbocycles. The zero-order valence-electron chi connectivity index (χ0n) is 38.2. The van der Waals surface area contributed by atoms with Gasteiger partial charge >= 0.3 is 11.9 Å². The molecule has 344 valence electrons. The van der Waals surface area contributed by atoms with E-state index in [0.717, 1.165) is 113 Å². The highest BCUT2D eigenvalue weighted by atomic mass is 16.5. The van der Waals surface area contributed by atoms with Gasteiger partial charge in [-0.2, -0.15) is 0 Å². The Hall–Kier alpha value is -6.23. The Morgan fingerprint density at radius 2 is 0.969 bits per heavy atom. The topological polar surface area (TPSA) is 186 Å². The normalized spacial score (nSPS) is 22.8.